The Kier molecular flexibility index (Phi) is 3.67. The van der Waals surface area contributed by atoms with Crippen LogP contribution in [0.4, 0.5) is 5.69 Å². The minimum Gasteiger partial charge on any atom is -0.481 e. The van der Waals surface area contributed by atoms with Crippen LogP contribution in [0.2, 0.25) is 0 Å². The number of aryl methyl sites for hydroxylation is 1. The van der Waals surface area contributed by atoms with E-state index >= 15 is 0 Å². The smallest absolute Gasteiger partial charge is 0.307 e. The number of amides is 2. The Balaban J connectivity index is 1.85. The van der Waals surface area contributed by atoms with Crippen molar-refractivity contribution in [2.75, 3.05) is 5.32 Å². The number of primary amides is 1. The van der Waals surface area contributed by atoms with E-state index in [1.807, 2.05) is 19.1 Å². The van der Waals surface area contributed by atoms with Gasteiger partial charge in [0.1, 0.15) is 0 Å². The van der Waals surface area contributed by atoms with Crippen LogP contribution in [-0.2, 0) is 16.1 Å². The Labute approximate surface area is 132 Å². The zero-order chi connectivity index (χ0) is 16.7. The van der Waals surface area contributed by atoms with Gasteiger partial charge in [-0.25, -0.2) is 0 Å². The van der Waals surface area contributed by atoms with Crippen molar-refractivity contribution in [1.29, 1.82) is 0 Å². The van der Waals surface area contributed by atoms with E-state index in [9.17, 15) is 19.5 Å². The summed E-state index contributed by atoms with van der Waals surface area (Å²) >= 11 is 0. The van der Waals surface area contributed by atoms with Crippen molar-refractivity contribution < 1.29 is 19.5 Å². The van der Waals surface area contributed by atoms with Crippen LogP contribution in [0.5, 0.6) is 0 Å². The number of aliphatic carboxylic acids is 1. The van der Waals surface area contributed by atoms with Crippen LogP contribution in [0.25, 0.3) is 0 Å². The lowest BCUT2D eigenvalue weighted by atomic mass is 9.82. The third-order valence-electron chi connectivity index (χ3n) is 4.62. The number of carboxylic acid groups (broad SMARTS) is 1. The Hall–Kier alpha value is -2.64. The number of fused-ring (bicyclic) bond motifs is 2. The molecule has 8 heteroatoms. The minimum absolute atomic E-state index is 0.0224. The summed E-state index contributed by atoms with van der Waals surface area (Å²) in [5.74, 6) is -3.69. The normalized spacial score (nSPS) is 28.0. The van der Waals surface area contributed by atoms with Crippen molar-refractivity contribution in [1.82, 2.24) is 9.78 Å². The summed E-state index contributed by atoms with van der Waals surface area (Å²) in [5.41, 5.74) is 5.48. The maximum Gasteiger partial charge on any atom is 0.307 e. The van der Waals surface area contributed by atoms with Crippen molar-refractivity contribution in [2.24, 2.45) is 29.4 Å². The summed E-state index contributed by atoms with van der Waals surface area (Å²) in [6.45, 7) is 2.36. The van der Waals surface area contributed by atoms with E-state index in [4.69, 9.17) is 5.73 Å². The summed E-state index contributed by atoms with van der Waals surface area (Å²) in [6, 6.07) is 0. The number of hydrogen-bond acceptors (Lipinski definition) is 4. The van der Waals surface area contributed by atoms with Crippen LogP contribution >= 0.6 is 0 Å². The highest BCUT2D eigenvalue weighted by atomic mass is 16.4. The molecule has 1 fully saturated rings. The second-order valence-electron chi connectivity index (χ2n) is 5.94. The van der Waals surface area contributed by atoms with Crippen molar-refractivity contribution >= 4 is 23.5 Å². The van der Waals surface area contributed by atoms with Crippen LogP contribution in [0.3, 0.4) is 0 Å². The molecule has 4 N–H and O–H groups in total. The first-order chi connectivity index (χ1) is 10.9. The molecule has 1 aromatic rings. The molecular weight excluding hydrogens is 300 g/mol. The molecule has 0 aliphatic heterocycles. The highest BCUT2D eigenvalue weighted by Crippen LogP contribution is 2.48. The molecule has 1 aromatic heterocycles. The van der Waals surface area contributed by atoms with E-state index in [0.29, 0.717) is 13.0 Å². The summed E-state index contributed by atoms with van der Waals surface area (Å²) in [5, 5.41) is 16.0. The molecule has 0 radical (unpaired) electrons. The van der Waals surface area contributed by atoms with Crippen LogP contribution in [0.15, 0.2) is 18.3 Å². The lowest BCUT2D eigenvalue weighted by Gasteiger charge is -2.23. The molecule has 8 nitrogen and oxygen atoms in total. The van der Waals surface area contributed by atoms with Crippen molar-refractivity contribution in [3.05, 3.63) is 24.0 Å². The van der Waals surface area contributed by atoms with Gasteiger partial charge in [-0.3, -0.25) is 19.1 Å². The van der Waals surface area contributed by atoms with E-state index in [1.165, 1.54) is 10.9 Å². The van der Waals surface area contributed by atoms with Gasteiger partial charge in [0.25, 0.3) is 5.91 Å². The predicted molar refractivity (Wildman–Crippen MR) is 80.4 cm³/mol. The monoisotopic (exact) mass is 318 g/mol. The molecule has 2 aliphatic rings. The fraction of sp³-hybridized carbons (Fsp3) is 0.467. The number of rotatable bonds is 5. The lowest BCUT2D eigenvalue weighted by molar-refractivity contribution is -0.146. The second-order valence-corrected chi connectivity index (χ2v) is 5.94. The van der Waals surface area contributed by atoms with E-state index in [0.717, 1.165) is 0 Å². The molecule has 122 valence electrons. The standard InChI is InChI=1S/C15H18N4O4/c1-2-19-6-9(12(18-19)13(16)20)17-14(21)10-7-3-4-8(5-7)11(10)15(22)23/h3-4,6-8,10-11H,2,5H2,1H3,(H2,16,20)(H,17,21)(H,22,23)/t7-,8-,10+,11-/m0/s1. The SMILES string of the molecule is CCn1cc(NC(=O)[C@H]2[C@@H](C(=O)O)[C@H]3C=C[C@H]2C3)c(C(N)=O)n1. The number of nitrogens with one attached hydrogen (secondary N) is 1. The number of anilines is 1. The van der Waals surface area contributed by atoms with Gasteiger partial charge in [0.15, 0.2) is 5.69 Å². The molecule has 0 aromatic carbocycles. The van der Waals surface area contributed by atoms with Crippen molar-refractivity contribution in [3.8, 4) is 0 Å². The van der Waals surface area contributed by atoms with Gasteiger partial charge in [-0.15, -0.1) is 0 Å². The molecule has 2 amide bonds. The third-order valence-corrected chi connectivity index (χ3v) is 4.62. The molecule has 1 saturated carbocycles. The van der Waals surface area contributed by atoms with Gasteiger partial charge in [-0.2, -0.15) is 5.10 Å². The lowest BCUT2D eigenvalue weighted by Crippen LogP contribution is -2.36. The number of carbonyl (C=O) groups is 3. The van der Waals surface area contributed by atoms with E-state index < -0.39 is 29.6 Å². The van der Waals surface area contributed by atoms with Crippen LogP contribution in [-0.4, -0.2) is 32.7 Å². The molecular formula is C15H18N4O4. The maximum absolute atomic E-state index is 12.6. The van der Waals surface area contributed by atoms with Gasteiger partial charge in [0.05, 0.1) is 17.5 Å². The van der Waals surface area contributed by atoms with Gasteiger partial charge in [-0.1, -0.05) is 12.2 Å². The van der Waals surface area contributed by atoms with Gasteiger partial charge < -0.3 is 16.2 Å². The molecule has 2 bridgehead atoms. The Morgan fingerprint density at radius 1 is 1.35 bits per heavy atom. The Morgan fingerprint density at radius 3 is 2.57 bits per heavy atom. The third kappa shape index (κ3) is 2.49. The number of nitrogens with two attached hydrogens (primary N) is 1. The Bertz CT molecular complexity index is 708. The fourth-order valence-electron chi connectivity index (χ4n) is 3.59. The van der Waals surface area contributed by atoms with Crippen LogP contribution in [0.1, 0.15) is 23.8 Å². The quantitative estimate of drug-likeness (QED) is 0.680. The Morgan fingerprint density at radius 2 is 2.00 bits per heavy atom. The number of carboxylic acids is 1. The largest absolute Gasteiger partial charge is 0.481 e. The summed E-state index contributed by atoms with van der Waals surface area (Å²) in [7, 11) is 0. The number of aromatic nitrogens is 2. The fourth-order valence-corrected chi connectivity index (χ4v) is 3.59. The highest BCUT2D eigenvalue weighted by molar-refractivity contribution is 6.03. The van der Waals surface area contributed by atoms with E-state index in [2.05, 4.69) is 10.4 Å². The first-order valence-corrected chi connectivity index (χ1v) is 7.51. The minimum atomic E-state index is -0.971. The van der Waals surface area contributed by atoms with E-state index in [-0.39, 0.29) is 23.2 Å². The predicted octanol–water partition coefficient (Wildman–Crippen LogP) is 0.463. The zero-order valence-electron chi connectivity index (χ0n) is 12.6. The highest BCUT2D eigenvalue weighted by Gasteiger charge is 2.51. The first-order valence-electron chi connectivity index (χ1n) is 7.51. The first kappa shape index (κ1) is 15.3. The number of hydrogen-bond donors (Lipinski definition) is 3. The molecule has 4 atom stereocenters. The average Bonchev–Trinajstić information content (AvgIpc) is 3.19. The molecule has 0 spiro atoms. The number of nitrogens with zero attached hydrogens (tertiary/aromatic N) is 2. The summed E-state index contributed by atoms with van der Waals surface area (Å²) < 4.78 is 1.49. The molecule has 2 aliphatic carbocycles. The maximum atomic E-state index is 12.6. The summed E-state index contributed by atoms with van der Waals surface area (Å²) in [4.78, 5) is 35.5. The molecule has 1 heterocycles. The van der Waals surface area contributed by atoms with E-state index in [1.54, 1.807) is 0 Å². The van der Waals surface area contributed by atoms with Gasteiger partial charge in [-0.05, 0) is 25.2 Å². The van der Waals surface area contributed by atoms with Crippen molar-refractivity contribution in [2.45, 2.75) is 19.9 Å². The zero-order valence-corrected chi connectivity index (χ0v) is 12.6. The van der Waals surface area contributed by atoms with Crippen LogP contribution in [0, 0.1) is 23.7 Å². The van der Waals surface area contributed by atoms with Gasteiger partial charge >= 0.3 is 5.97 Å². The summed E-state index contributed by atoms with van der Waals surface area (Å²) in [6.07, 6.45) is 5.97. The average molecular weight is 318 g/mol. The molecule has 0 unspecified atom stereocenters. The molecule has 23 heavy (non-hydrogen) atoms. The van der Waals surface area contributed by atoms with Gasteiger partial charge in [0.2, 0.25) is 5.91 Å². The molecule has 0 saturated heterocycles. The van der Waals surface area contributed by atoms with Gasteiger partial charge in [0, 0.05) is 12.7 Å². The second kappa shape index (κ2) is 5.53. The number of carbonyl (C=O) groups excluding carboxylic acids is 2. The van der Waals surface area contributed by atoms with Crippen molar-refractivity contribution in [3.63, 3.8) is 0 Å². The molecule has 3 rings (SSSR count). The van der Waals surface area contributed by atoms with Crippen LogP contribution < -0.4 is 11.1 Å². The topological polar surface area (TPSA) is 127 Å². The number of allylic oxidation sites excluding steroid dienone is 2.